The number of carbonyl (C=O) groups is 1. The molecule has 5 heteroatoms. The smallest absolute Gasteiger partial charge is 0.323 e. The summed E-state index contributed by atoms with van der Waals surface area (Å²) in [5.41, 5.74) is 0.700. The Morgan fingerprint density at radius 1 is 1.65 bits per heavy atom. The Labute approximate surface area is 107 Å². The van der Waals surface area contributed by atoms with Crippen molar-refractivity contribution in [1.82, 2.24) is 0 Å². The van der Waals surface area contributed by atoms with Crippen molar-refractivity contribution in [2.45, 2.75) is 13.3 Å². The average Bonchev–Trinajstić information content (AvgIpc) is 2.28. The van der Waals surface area contributed by atoms with Gasteiger partial charge in [-0.1, -0.05) is 22.0 Å². The quantitative estimate of drug-likeness (QED) is 0.803. The summed E-state index contributed by atoms with van der Waals surface area (Å²) in [6.07, 6.45) is 0.205. The number of esters is 1. The molecule has 0 aliphatic carbocycles. The molecule has 0 saturated carbocycles. The number of carbonyl (C=O) groups excluding carboxylic acids is 1. The van der Waals surface area contributed by atoms with E-state index in [1.807, 2.05) is 6.07 Å². The van der Waals surface area contributed by atoms with Crippen LogP contribution in [0.15, 0.2) is 22.7 Å². The summed E-state index contributed by atoms with van der Waals surface area (Å²) in [7, 11) is 0. The van der Waals surface area contributed by atoms with Crippen LogP contribution in [0.2, 0.25) is 0 Å². The first-order valence-corrected chi connectivity index (χ1v) is 5.88. The summed E-state index contributed by atoms with van der Waals surface area (Å²) in [6.45, 7) is 1.92. The van der Waals surface area contributed by atoms with E-state index >= 15 is 0 Å². The zero-order chi connectivity index (χ0) is 12.8. The molecule has 0 spiro atoms. The first-order valence-electron chi connectivity index (χ1n) is 5.08. The van der Waals surface area contributed by atoms with E-state index in [4.69, 9.17) is 10.00 Å². The molecule has 1 unspecified atom stereocenters. The van der Waals surface area contributed by atoms with Crippen molar-refractivity contribution < 1.29 is 13.9 Å². The summed E-state index contributed by atoms with van der Waals surface area (Å²) in [4.78, 5) is 11.4. The number of hydrogen-bond acceptors (Lipinski definition) is 3. The van der Waals surface area contributed by atoms with Gasteiger partial charge in [0.1, 0.15) is 11.7 Å². The highest BCUT2D eigenvalue weighted by atomic mass is 79.9. The Morgan fingerprint density at radius 3 is 2.88 bits per heavy atom. The largest absolute Gasteiger partial charge is 0.465 e. The second-order valence-corrected chi connectivity index (χ2v) is 4.23. The summed E-state index contributed by atoms with van der Waals surface area (Å²) in [6, 6.07) is 6.02. The highest BCUT2D eigenvalue weighted by molar-refractivity contribution is 9.10. The molecule has 0 N–H and O–H groups in total. The van der Waals surface area contributed by atoms with Gasteiger partial charge in [0.2, 0.25) is 0 Å². The van der Waals surface area contributed by atoms with Crippen molar-refractivity contribution in [2.75, 3.05) is 6.61 Å². The Hall–Kier alpha value is -1.41. The second kappa shape index (κ2) is 6.36. The Bertz CT molecular complexity index is 456. The maximum atomic E-state index is 12.9. The molecule has 1 aromatic rings. The molecule has 0 fully saturated rings. The van der Waals surface area contributed by atoms with Gasteiger partial charge >= 0.3 is 5.97 Å². The minimum atomic E-state index is -0.864. The van der Waals surface area contributed by atoms with Crippen molar-refractivity contribution in [3.05, 3.63) is 34.1 Å². The van der Waals surface area contributed by atoms with Crippen LogP contribution in [0.3, 0.4) is 0 Å². The van der Waals surface area contributed by atoms with Gasteiger partial charge in [-0.15, -0.1) is 0 Å². The number of rotatable bonds is 4. The van der Waals surface area contributed by atoms with E-state index < -0.39 is 11.9 Å². The van der Waals surface area contributed by atoms with Gasteiger partial charge in [0.25, 0.3) is 0 Å². The molecule has 90 valence electrons. The van der Waals surface area contributed by atoms with Crippen LogP contribution in [-0.2, 0) is 16.0 Å². The minimum absolute atomic E-state index is 0.205. The zero-order valence-corrected chi connectivity index (χ0v) is 10.8. The molecule has 17 heavy (non-hydrogen) atoms. The lowest BCUT2D eigenvalue weighted by Gasteiger charge is -2.09. The van der Waals surface area contributed by atoms with E-state index in [9.17, 15) is 9.18 Å². The van der Waals surface area contributed by atoms with Crippen molar-refractivity contribution in [3.63, 3.8) is 0 Å². The standard InChI is InChI=1S/C12H11BrFNO2/c1-2-17-12(16)9(7-15)5-8-3-4-10(14)6-11(8)13/h3-4,6,9H,2,5H2,1H3. The molecular weight excluding hydrogens is 289 g/mol. The average molecular weight is 300 g/mol. The van der Waals surface area contributed by atoms with Crippen LogP contribution in [-0.4, -0.2) is 12.6 Å². The van der Waals surface area contributed by atoms with Crippen LogP contribution < -0.4 is 0 Å². The SMILES string of the molecule is CCOC(=O)C(C#N)Cc1ccc(F)cc1Br. The monoisotopic (exact) mass is 299 g/mol. The van der Waals surface area contributed by atoms with Crippen LogP contribution in [0, 0.1) is 23.1 Å². The molecule has 0 aliphatic heterocycles. The molecule has 1 atom stereocenters. The van der Waals surface area contributed by atoms with E-state index in [1.165, 1.54) is 12.1 Å². The van der Waals surface area contributed by atoms with Crippen LogP contribution in [0.4, 0.5) is 4.39 Å². The molecule has 0 heterocycles. The van der Waals surface area contributed by atoms with E-state index in [2.05, 4.69) is 15.9 Å². The summed E-state index contributed by atoms with van der Waals surface area (Å²) >= 11 is 3.19. The van der Waals surface area contributed by atoms with Gasteiger partial charge in [0, 0.05) is 4.47 Å². The normalized spacial score (nSPS) is 11.6. The van der Waals surface area contributed by atoms with E-state index in [0.717, 1.165) is 0 Å². The molecule has 0 aliphatic rings. The van der Waals surface area contributed by atoms with Crippen LogP contribution >= 0.6 is 15.9 Å². The van der Waals surface area contributed by atoms with Gasteiger partial charge in [0.15, 0.2) is 0 Å². The van der Waals surface area contributed by atoms with Gasteiger partial charge in [-0.3, -0.25) is 4.79 Å². The third-order valence-electron chi connectivity index (χ3n) is 2.17. The van der Waals surface area contributed by atoms with E-state index in [1.54, 1.807) is 13.0 Å². The van der Waals surface area contributed by atoms with E-state index in [-0.39, 0.29) is 18.8 Å². The van der Waals surface area contributed by atoms with E-state index in [0.29, 0.717) is 10.0 Å². The van der Waals surface area contributed by atoms with Gasteiger partial charge in [-0.05, 0) is 31.0 Å². The van der Waals surface area contributed by atoms with Crippen molar-refractivity contribution in [1.29, 1.82) is 5.26 Å². The Balaban J connectivity index is 2.81. The minimum Gasteiger partial charge on any atom is -0.465 e. The zero-order valence-electron chi connectivity index (χ0n) is 9.24. The first-order chi connectivity index (χ1) is 8.08. The number of nitrogens with zero attached hydrogens (tertiary/aromatic N) is 1. The fourth-order valence-corrected chi connectivity index (χ4v) is 1.84. The van der Waals surface area contributed by atoms with Gasteiger partial charge in [-0.2, -0.15) is 5.26 Å². The highest BCUT2D eigenvalue weighted by Crippen LogP contribution is 2.21. The topological polar surface area (TPSA) is 50.1 Å². The third-order valence-corrected chi connectivity index (χ3v) is 2.90. The predicted molar refractivity (Wildman–Crippen MR) is 63.5 cm³/mol. The van der Waals surface area contributed by atoms with Crippen molar-refractivity contribution in [3.8, 4) is 6.07 Å². The van der Waals surface area contributed by atoms with Gasteiger partial charge in [-0.25, -0.2) is 4.39 Å². The number of nitriles is 1. The lowest BCUT2D eigenvalue weighted by atomic mass is 10.0. The van der Waals surface area contributed by atoms with Gasteiger partial charge in [0.05, 0.1) is 12.7 Å². The molecule has 0 saturated heterocycles. The fraction of sp³-hybridized carbons (Fsp3) is 0.333. The first kappa shape index (κ1) is 13.7. The number of halogens is 2. The third kappa shape index (κ3) is 3.82. The number of benzene rings is 1. The summed E-state index contributed by atoms with van der Waals surface area (Å²) < 4.78 is 18.2. The van der Waals surface area contributed by atoms with Crippen LogP contribution in [0.5, 0.6) is 0 Å². The Morgan fingerprint density at radius 2 is 2.35 bits per heavy atom. The van der Waals surface area contributed by atoms with Crippen molar-refractivity contribution >= 4 is 21.9 Å². The molecule has 0 amide bonds. The van der Waals surface area contributed by atoms with Crippen molar-refractivity contribution in [2.24, 2.45) is 5.92 Å². The van der Waals surface area contributed by atoms with Crippen LogP contribution in [0.25, 0.3) is 0 Å². The molecule has 0 aromatic heterocycles. The molecule has 3 nitrogen and oxygen atoms in total. The molecule has 1 rings (SSSR count). The molecule has 0 radical (unpaired) electrons. The predicted octanol–water partition coefficient (Wildman–Crippen LogP) is 2.83. The lowest BCUT2D eigenvalue weighted by Crippen LogP contribution is -2.18. The number of hydrogen-bond donors (Lipinski definition) is 0. The summed E-state index contributed by atoms with van der Waals surface area (Å²) in [5.74, 6) is -1.78. The maximum absolute atomic E-state index is 12.9. The van der Waals surface area contributed by atoms with Gasteiger partial charge < -0.3 is 4.74 Å². The fourth-order valence-electron chi connectivity index (χ4n) is 1.33. The maximum Gasteiger partial charge on any atom is 0.323 e. The Kier molecular flexibility index (Phi) is 5.11. The molecular formula is C12H11BrFNO2. The second-order valence-electron chi connectivity index (χ2n) is 3.37. The highest BCUT2D eigenvalue weighted by Gasteiger charge is 2.20. The summed E-state index contributed by atoms with van der Waals surface area (Å²) in [5, 5.41) is 8.89. The number of ether oxygens (including phenoxy) is 1. The lowest BCUT2D eigenvalue weighted by molar-refractivity contribution is -0.145. The molecule has 1 aromatic carbocycles. The van der Waals surface area contributed by atoms with Crippen LogP contribution in [0.1, 0.15) is 12.5 Å². The molecule has 0 bridgehead atoms.